The lowest BCUT2D eigenvalue weighted by atomic mass is 9.83. The van der Waals surface area contributed by atoms with Gasteiger partial charge in [0.15, 0.2) is 0 Å². The van der Waals surface area contributed by atoms with Gasteiger partial charge in [-0.15, -0.1) is 0 Å². The van der Waals surface area contributed by atoms with Gasteiger partial charge in [0, 0.05) is 5.04 Å². The molecule has 1 N–H and O–H groups in total. The second kappa shape index (κ2) is 6.06. The molecule has 1 nitrogen and oxygen atoms in total. The number of aliphatic hydroxyl groups excluding tert-OH is 1. The zero-order valence-electron chi connectivity index (χ0n) is 18.6. The van der Waals surface area contributed by atoms with E-state index in [9.17, 15) is 5.11 Å². The number of benzene rings is 2. The second-order valence-corrected chi connectivity index (χ2v) is 16.7. The summed E-state index contributed by atoms with van der Waals surface area (Å²) < 4.78 is 0. The van der Waals surface area contributed by atoms with Crippen LogP contribution in [0.15, 0.2) is 36.4 Å². The summed E-state index contributed by atoms with van der Waals surface area (Å²) in [5.41, 5.74) is 8.21. The highest BCUT2D eigenvalue weighted by atomic mass is 28.3. The van der Waals surface area contributed by atoms with Gasteiger partial charge in [0.25, 0.3) is 0 Å². The minimum atomic E-state index is -1.79. The van der Waals surface area contributed by atoms with Crippen LogP contribution in [0, 0.1) is 0 Å². The highest BCUT2D eigenvalue weighted by Crippen LogP contribution is 2.54. The largest absolute Gasteiger partial charge is 0.395 e. The Balaban J connectivity index is 2.39. The molecular weight excluding hydrogens is 344 g/mol. The van der Waals surface area contributed by atoms with Crippen LogP contribution in [0.25, 0.3) is 11.1 Å². The van der Waals surface area contributed by atoms with Crippen molar-refractivity contribution < 1.29 is 5.11 Å². The van der Waals surface area contributed by atoms with Crippen LogP contribution >= 0.6 is 0 Å². The number of hydrogen-bond donors (Lipinski definition) is 1. The number of rotatable bonds is 2. The van der Waals surface area contributed by atoms with E-state index < -0.39 is 8.07 Å². The van der Waals surface area contributed by atoms with Gasteiger partial charge in [-0.05, 0) is 44.2 Å². The van der Waals surface area contributed by atoms with E-state index in [-0.39, 0.29) is 22.5 Å². The molecule has 2 aromatic carbocycles. The molecule has 0 unspecified atom stereocenters. The van der Waals surface area contributed by atoms with Crippen molar-refractivity contribution >= 4 is 8.07 Å². The lowest BCUT2D eigenvalue weighted by Gasteiger charge is -2.42. The Morgan fingerprint density at radius 1 is 0.741 bits per heavy atom. The Morgan fingerprint density at radius 3 is 1.37 bits per heavy atom. The van der Waals surface area contributed by atoms with Gasteiger partial charge in [-0.1, -0.05) is 97.6 Å². The molecule has 0 amide bonds. The molecule has 0 fully saturated rings. The number of fused-ring (bicyclic) bond motifs is 3. The predicted octanol–water partition coefficient (Wildman–Crippen LogP) is 6.42. The molecule has 1 aliphatic carbocycles. The van der Waals surface area contributed by atoms with Gasteiger partial charge in [0.05, 0.1) is 14.7 Å². The molecule has 146 valence electrons. The zero-order chi connectivity index (χ0) is 20.4. The van der Waals surface area contributed by atoms with E-state index in [1.54, 1.807) is 0 Å². The van der Waals surface area contributed by atoms with Crippen molar-refractivity contribution in [2.24, 2.45) is 0 Å². The molecule has 0 saturated heterocycles. The highest BCUT2D eigenvalue weighted by Gasteiger charge is 2.52. The summed E-state index contributed by atoms with van der Waals surface area (Å²) in [5.74, 6) is 0. The molecule has 2 heteroatoms. The summed E-state index contributed by atoms with van der Waals surface area (Å²) in [6, 6.07) is 13.9. The van der Waals surface area contributed by atoms with Crippen molar-refractivity contribution in [2.45, 2.75) is 77.1 Å². The van der Waals surface area contributed by atoms with Gasteiger partial charge in [-0.3, -0.25) is 0 Å². The molecule has 0 aliphatic heterocycles. The maximum atomic E-state index is 10.9. The fraction of sp³-hybridized carbons (Fsp3) is 0.520. The van der Waals surface area contributed by atoms with Crippen molar-refractivity contribution in [3.8, 4) is 11.1 Å². The van der Waals surface area contributed by atoms with E-state index in [1.165, 1.54) is 33.4 Å². The van der Waals surface area contributed by atoms with Gasteiger partial charge >= 0.3 is 0 Å². The Hall–Kier alpha value is -1.38. The normalized spacial score (nSPS) is 16.2. The van der Waals surface area contributed by atoms with Crippen LogP contribution in [0.3, 0.4) is 0 Å². The minimum absolute atomic E-state index is 0.0982. The van der Waals surface area contributed by atoms with Crippen LogP contribution in [-0.4, -0.2) is 19.8 Å². The molecule has 0 aromatic heterocycles. The Morgan fingerprint density at radius 2 is 1.11 bits per heavy atom. The number of aliphatic hydroxyl groups is 1. The van der Waals surface area contributed by atoms with Gasteiger partial charge in [-0.25, -0.2) is 0 Å². The standard InChI is InChI=1S/C25H36OSi/c1-23(2,3)17-10-12-19-20-13-11-18(24(4,5)6)15-22(20)25(16-26,21(19)14-17)27(7,8)9/h10-15,26H,16H2,1-9H3. The van der Waals surface area contributed by atoms with E-state index in [0.29, 0.717) is 0 Å². The van der Waals surface area contributed by atoms with Crippen molar-refractivity contribution in [1.29, 1.82) is 0 Å². The van der Waals surface area contributed by atoms with Gasteiger partial charge in [0.2, 0.25) is 0 Å². The molecule has 2 aromatic rings. The third-order valence-electron chi connectivity index (χ3n) is 6.50. The highest BCUT2D eigenvalue weighted by molar-refractivity contribution is 6.80. The molecule has 0 bridgehead atoms. The molecule has 3 rings (SSSR count). The molecule has 0 spiro atoms. The first-order valence-corrected chi connectivity index (χ1v) is 13.6. The summed E-state index contributed by atoms with van der Waals surface area (Å²) in [5, 5.41) is 10.6. The summed E-state index contributed by atoms with van der Waals surface area (Å²) in [6.07, 6.45) is 0. The van der Waals surface area contributed by atoms with Gasteiger partial charge in [0.1, 0.15) is 0 Å². The van der Waals surface area contributed by atoms with Crippen LogP contribution < -0.4 is 0 Å². The minimum Gasteiger partial charge on any atom is -0.395 e. The molecule has 1 aliphatic rings. The quantitative estimate of drug-likeness (QED) is 0.596. The van der Waals surface area contributed by atoms with Crippen molar-refractivity contribution in [3.63, 3.8) is 0 Å². The first-order valence-electron chi connectivity index (χ1n) is 10.1. The first kappa shape index (κ1) is 20.4. The van der Waals surface area contributed by atoms with Crippen molar-refractivity contribution in [3.05, 3.63) is 58.7 Å². The second-order valence-electron chi connectivity index (χ2n) is 11.3. The van der Waals surface area contributed by atoms with E-state index in [1.807, 2.05) is 0 Å². The smallest absolute Gasteiger partial charge is 0.0642 e. The first-order chi connectivity index (χ1) is 12.2. The molecule has 0 atom stereocenters. The van der Waals surface area contributed by atoms with E-state index in [0.717, 1.165) is 0 Å². The van der Waals surface area contributed by atoms with E-state index >= 15 is 0 Å². The molecule has 0 saturated carbocycles. The van der Waals surface area contributed by atoms with Crippen LogP contribution in [0.1, 0.15) is 63.8 Å². The van der Waals surface area contributed by atoms with Gasteiger partial charge < -0.3 is 5.11 Å². The summed E-state index contributed by atoms with van der Waals surface area (Å²) in [6.45, 7) is 21.0. The van der Waals surface area contributed by atoms with Crippen LogP contribution in [0.4, 0.5) is 0 Å². The third-order valence-corrected chi connectivity index (χ3v) is 9.76. The summed E-state index contributed by atoms with van der Waals surface area (Å²) >= 11 is 0. The fourth-order valence-corrected chi connectivity index (χ4v) is 7.06. The van der Waals surface area contributed by atoms with Gasteiger partial charge in [-0.2, -0.15) is 0 Å². The van der Waals surface area contributed by atoms with E-state index in [4.69, 9.17) is 0 Å². The molecule has 0 radical (unpaired) electrons. The van der Waals surface area contributed by atoms with Crippen molar-refractivity contribution in [1.82, 2.24) is 0 Å². The zero-order valence-corrected chi connectivity index (χ0v) is 19.6. The lowest BCUT2D eigenvalue weighted by Crippen LogP contribution is -2.52. The van der Waals surface area contributed by atoms with Crippen LogP contribution in [0.2, 0.25) is 19.6 Å². The van der Waals surface area contributed by atoms with Crippen LogP contribution in [-0.2, 0) is 15.9 Å². The predicted molar refractivity (Wildman–Crippen MR) is 120 cm³/mol. The summed E-state index contributed by atoms with van der Waals surface area (Å²) in [4.78, 5) is 0. The Labute approximate surface area is 166 Å². The molecular formula is C25H36OSi. The average Bonchev–Trinajstić information content (AvgIpc) is 2.82. The SMILES string of the molecule is CC(C)(C)c1ccc2c(c1)C(CO)([Si](C)(C)C)c1cc(C(C)(C)C)ccc1-2. The molecule has 0 heterocycles. The third kappa shape index (κ3) is 3.02. The van der Waals surface area contributed by atoms with E-state index in [2.05, 4.69) is 97.6 Å². The molecule has 27 heavy (non-hydrogen) atoms. The monoisotopic (exact) mass is 380 g/mol. The van der Waals surface area contributed by atoms with Crippen molar-refractivity contribution in [2.75, 3.05) is 6.61 Å². The maximum Gasteiger partial charge on any atom is 0.0642 e. The fourth-order valence-electron chi connectivity index (χ4n) is 4.56. The Bertz CT molecular complexity index is 809. The lowest BCUT2D eigenvalue weighted by molar-refractivity contribution is 0.260. The average molecular weight is 381 g/mol. The topological polar surface area (TPSA) is 20.2 Å². The Kier molecular flexibility index (Phi) is 4.56. The van der Waals surface area contributed by atoms with Crippen LogP contribution in [0.5, 0.6) is 0 Å². The number of hydrogen-bond acceptors (Lipinski definition) is 1. The summed E-state index contributed by atoms with van der Waals surface area (Å²) in [7, 11) is -1.79. The maximum absolute atomic E-state index is 10.9.